The summed E-state index contributed by atoms with van der Waals surface area (Å²) in [6, 6.07) is 0. The van der Waals surface area contributed by atoms with Gasteiger partial charge in [-0.2, -0.15) is 4.31 Å². The summed E-state index contributed by atoms with van der Waals surface area (Å²) < 4.78 is 31.2. The van der Waals surface area contributed by atoms with Crippen LogP contribution in [0, 0.1) is 0 Å². The van der Waals surface area contributed by atoms with Crippen molar-refractivity contribution >= 4 is 16.0 Å². The number of rotatable bonds is 10. The summed E-state index contributed by atoms with van der Waals surface area (Å²) in [5, 5.41) is 6.26. The summed E-state index contributed by atoms with van der Waals surface area (Å²) in [7, 11) is -3.22. The van der Waals surface area contributed by atoms with Gasteiger partial charge in [-0.1, -0.05) is 26.2 Å². The molecule has 0 aromatic heterocycles. The molecule has 0 aromatic carbocycles. The van der Waals surface area contributed by atoms with E-state index >= 15 is 0 Å². The minimum atomic E-state index is -3.22. The number of ether oxygens (including phenoxy) is 1. The van der Waals surface area contributed by atoms with Crippen molar-refractivity contribution < 1.29 is 13.2 Å². The molecule has 1 aliphatic heterocycles. The first-order valence-electron chi connectivity index (χ1n) is 8.68. The third-order valence-electron chi connectivity index (χ3n) is 3.64. The fourth-order valence-electron chi connectivity index (χ4n) is 2.32. The number of morpholine rings is 1. The van der Waals surface area contributed by atoms with Crippen LogP contribution in [0.1, 0.15) is 39.5 Å². The molecule has 0 radical (unpaired) electrons. The molecule has 1 aliphatic rings. The molecule has 0 amide bonds. The largest absolute Gasteiger partial charge is 0.379 e. The Balaban J connectivity index is 2.34. The van der Waals surface area contributed by atoms with E-state index in [1.807, 2.05) is 6.92 Å². The van der Waals surface area contributed by atoms with Crippen molar-refractivity contribution in [1.82, 2.24) is 14.9 Å². The second-order valence-electron chi connectivity index (χ2n) is 5.58. The average molecular weight is 349 g/mol. The van der Waals surface area contributed by atoms with Gasteiger partial charge in [0.2, 0.25) is 10.0 Å². The molecule has 8 heteroatoms. The molecule has 0 spiro atoms. The van der Waals surface area contributed by atoms with Gasteiger partial charge < -0.3 is 15.4 Å². The third-order valence-corrected chi connectivity index (χ3v) is 5.51. The quantitative estimate of drug-likeness (QED) is 0.346. The number of hydrogen-bond acceptors (Lipinski definition) is 4. The first-order chi connectivity index (χ1) is 11.1. The highest BCUT2D eigenvalue weighted by molar-refractivity contribution is 7.89. The van der Waals surface area contributed by atoms with E-state index in [2.05, 4.69) is 22.5 Å². The first-order valence-corrected chi connectivity index (χ1v) is 10.3. The molecule has 1 rings (SSSR count). The van der Waals surface area contributed by atoms with Crippen molar-refractivity contribution in [3.05, 3.63) is 0 Å². The van der Waals surface area contributed by atoms with Gasteiger partial charge in [-0.3, -0.25) is 4.99 Å². The minimum Gasteiger partial charge on any atom is -0.379 e. The normalized spacial score (nSPS) is 17.2. The Morgan fingerprint density at radius 2 is 1.87 bits per heavy atom. The molecule has 0 aliphatic carbocycles. The van der Waals surface area contributed by atoms with Crippen molar-refractivity contribution in [2.75, 3.05) is 51.7 Å². The molecule has 23 heavy (non-hydrogen) atoms. The van der Waals surface area contributed by atoms with Crippen LogP contribution in [0.25, 0.3) is 0 Å². The second-order valence-corrected chi connectivity index (χ2v) is 7.66. The third kappa shape index (κ3) is 8.53. The maximum Gasteiger partial charge on any atom is 0.215 e. The molecule has 2 N–H and O–H groups in total. The highest BCUT2D eigenvalue weighted by atomic mass is 32.2. The molecule has 1 fully saturated rings. The van der Waals surface area contributed by atoms with Crippen LogP contribution in [-0.2, 0) is 14.8 Å². The minimum absolute atomic E-state index is 0.0766. The standard InChI is InChI=1S/C15H32N4O3S/c1-3-5-6-7-8-17-15(16-4-2)18-9-14-23(20,21)19-10-12-22-13-11-19/h3-14H2,1-2H3,(H2,16,17,18). The van der Waals surface area contributed by atoms with Gasteiger partial charge in [0.25, 0.3) is 0 Å². The van der Waals surface area contributed by atoms with Crippen LogP contribution in [-0.4, -0.2) is 70.4 Å². The van der Waals surface area contributed by atoms with Crippen molar-refractivity contribution in [1.29, 1.82) is 0 Å². The predicted octanol–water partition coefficient (Wildman–Crippen LogP) is 0.784. The molecule has 7 nitrogen and oxygen atoms in total. The van der Waals surface area contributed by atoms with Crippen molar-refractivity contribution in [2.45, 2.75) is 39.5 Å². The van der Waals surface area contributed by atoms with Crippen LogP contribution in [0.2, 0.25) is 0 Å². The van der Waals surface area contributed by atoms with Crippen LogP contribution in [0.5, 0.6) is 0 Å². The van der Waals surface area contributed by atoms with Crippen molar-refractivity contribution in [3.63, 3.8) is 0 Å². The fourth-order valence-corrected chi connectivity index (χ4v) is 3.65. The van der Waals surface area contributed by atoms with Crippen LogP contribution >= 0.6 is 0 Å². The van der Waals surface area contributed by atoms with E-state index < -0.39 is 10.0 Å². The molecular weight excluding hydrogens is 316 g/mol. The summed E-state index contributed by atoms with van der Waals surface area (Å²) >= 11 is 0. The monoisotopic (exact) mass is 348 g/mol. The smallest absolute Gasteiger partial charge is 0.215 e. The molecule has 0 bridgehead atoms. The molecule has 1 heterocycles. The summed E-state index contributed by atoms with van der Waals surface area (Å²) in [5.41, 5.74) is 0. The van der Waals surface area contributed by atoms with Crippen molar-refractivity contribution in [2.24, 2.45) is 4.99 Å². The van der Waals surface area contributed by atoms with Gasteiger partial charge in [-0.25, -0.2) is 8.42 Å². The van der Waals surface area contributed by atoms with Gasteiger partial charge in [0.05, 0.1) is 19.0 Å². The summed E-state index contributed by atoms with van der Waals surface area (Å²) in [6.45, 7) is 7.94. The van der Waals surface area contributed by atoms with Crippen LogP contribution in [0.4, 0.5) is 0 Å². The highest BCUT2D eigenvalue weighted by Gasteiger charge is 2.23. The lowest BCUT2D eigenvalue weighted by Gasteiger charge is -2.26. The topological polar surface area (TPSA) is 83.0 Å². The number of guanidine groups is 1. The zero-order valence-electron chi connectivity index (χ0n) is 14.5. The number of aliphatic imine (C=N–C) groups is 1. The Bertz CT molecular complexity index is 434. The molecule has 0 aromatic rings. The lowest BCUT2D eigenvalue weighted by molar-refractivity contribution is 0.0730. The van der Waals surface area contributed by atoms with E-state index in [1.54, 1.807) is 0 Å². The average Bonchev–Trinajstić information content (AvgIpc) is 2.55. The number of hydrogen-bond donors (Lipinski definition) is 2. The summed E-state index contributed by atoms with van der Waals surface area (Å²) in [5.74, 6) is 0.772. The Morgan fingerprint density at radius 1 is 1.13 bits per heavy atom. The van der Waals surface area contributed by atoms with Gasteiger partial charge in [-0.15, -0.1) is 0 Å². The molecule has 1 saturated heterocycles. The van der Waals surface area contributed by atoms with E-state index in [-0.39, 0.29) is 5.75 Å². The SMILES string of the molecule is CCCCCCN=C(NCC)NCCS(=O)(=O)N1CCOCC1. The number of sulfonamides is 1. The molecule has 0 saturated carbocycles. The van der Waals surface area contributed by atoms with Gasteiger partial charge in [0, 0.05) is 32.7 Å². The number of nitrogens with zero attached hydrogens (tertiary/aromatic N) is 2. The maximum atomic E-state index is 12.2. The van der Waals surface area contributed by atoms with E-state index in [0.717, 1.165) is 19.5 Å². The van der Waals surface area contributed by atoms with E-state index in [0.29, 0.717) is 38.8 Å². The molecular formula is C15H32N4O3S. The zero-order valence-corrected chi connectivity index (χ0v) is 15.3. The number of nitrogens with one attached hydrogen (secondary N) is 2. The van der Waals surface area contributed by atoms with E-state index in [9.17, 15) is 8.42 Å². The lowest BCUT2D eigenvalue weighted by atomic mass is 10.2. The fraction of sp³-hybridized carbons (Fsp3) is 0.933. The van der Waals surface area contributed by atoms with Gasteiger partial charge in [0.15, 0.2) is 5.96 Å². The van der Waals surface area contributed by atoms with E-state index in [1.165, 1.54) is 23.6 Å². The second kappa shape index (κ2) is 11.6. The van der Waals surface area contributed by atoms with Gasteiger partial charge >= 0.3 is 0 Å². The van der Waals surface area contributed by atoms with E-state index in [4.69, 9.17) is 4.74 Å². The Morgan fingerprint density at radius 3 is 2.52 bits per heavy atom. The first kappa shape index (κ1) is 20.2. The van der Waals surface area contributed by atoms with Crippen LogP contribution < -0.4 is 10.6 Å². The number of unbranched alkanes of at least 4 members (excludes halogenated alkanes) is 3. The summed E-state index contributed by atoms with van der Waals surface area (Å²) in [6.07, 6.45) is 4.69. The maximum absolute atomic E-state index is 12.2. The van der Waals surface area contributed by atoms with Crippen LogP contribution in [0.15, 0.2) is 4.99 Å². The molecule has 0 atom stereocenters. The predicted molar refractivity (Wildman–Crippen MR) is 94.3 cm³/mol. The molecule has 0 unspecified atom stereocenters. The Labute approximate surface area is 140 Å². The van der Waals surface area contributed by atoms with Crippen molar-refractivity contribution in [3.8, 4) is 0 Å². The summed E-state index contributed by atoms with van der Waals surface area (Å²) in [4.78, 5) is 4.48. The van der Waals surface area contributed by atoms with Gasteiger partial charge in [-0.05, 0) is 13.3 Å². The highest BCUT2D eigenvalue weighted by Crippen LogP contribution is 2.05. The van der Waals surface area contributed by atoms with Gasteiger partial charge in [0.1, 0.15) is 0 Å². The lowest BCUT2D eigenvalue weighted by Crippen LogP contribution is -2.45. The zero-order chi connectivity index (χ0) is 17.0. The Kier molecular flexibility index (Phi) is 10.2. The molecule has 136 valence electrons. The Hall–Kier alpha value is -0.860. The van der Waals surface area contributed by atoms with Crippen LogP contribution in [0.3, 0.4) is 0 Å².